The molecule has 0 bridgehead atoms. The van der Waals surface area contributed by atoms with Gasteiger partial charge in [0.05, 0.1) is 37.5 Å². The van der Waals surface area contributed by atoms with Gasteiger partial charge >= 0.3 is 0 Å². The van der Waals surface area contributed by atoms with Crippen molar-refractivity contribution in [3.63, 3.8) is 0 Å². The number of nitrogens with zero attached hydrogens (tertiary/aromatic N) is 2. The first-order chi connectivity index (χ1) is 8.74. The number of aliphatic hydroxyl groups excluding tert-OH is 1. The van der Waals surface area contributed by atoms with Crippen LogP contribution in [0.15, 0.2) is 18.2 Å². The molecule has 1 atom stereocenters. The Balaban J connectivity index is 2.15. The first-order valence-electron chi connectivity index (χ1n) is 5.85. The maximum absolute atomic E-state index is 13.0. The van der Waals surface area contributed by atoms with Crippen molar-refractivity contribution < 1.29 is 14.2 Å². The van der Waals surface area contributed by atoms with Crippen molar-refractivity contribution in [3.8, 4) is 6.07 Å². The largest absolute Gasteiger partial charge is 0.395 e. The van der Waals surface area contributed by atoms with E-state index in [1.807, 2.05) is 6.07 Å². The second kappa shape index (κ2) is 5.91. The standard InChI is InChI=1S/C13H15FN2O2/c14-12-2-1-10(11(5-12)6-15)7-16-3-4-18-9-13(16)8-17/h1-2,5,13,17H,3-4,7-9H2. The van der Waals surface area contributed by atoms with Crippen LogP contribution < -0.4 is 0 Å². The molecule has 2 rings (SSSR count). The Morgan fingerprint density at radius 2 is 2.39 bits per heavy atom. The minimum absolute atomic E-state index is 0.0169. The van der Waals surface area contributed by atoms with Gasteiger partial charge in [-0.2, -0.15) is 5.26 Å². The lowest BCUT2D eigenvalue weighted by molar-refractivity contribution is -0.0313. The van der Waals surface area contributed by atoms with Gasteiger partial charge < -0.3 is 9.84 Å². The first-order valence-corrected chi connectivity index (χ1v) is 5.85. The van der Waals surface area contributed by atoms with Crippen molar-refractivity contribution in [1.29, 1.82) is 5.26 Å². The molecule has 96 valence electrons. The first kappa shape index (κ1) is 13.0. The van der Waals surface area contributed by atoms with Crippen molar-refractivity contribution in [3.05, 3.63) is 35.1 Å². The fourth-order valence-electron chi connectivity index (χ4n) is 2.07. The average molecular weight is 250 g/mol. The molecule has 0 saturated carbocycles. The second-order valence-corrected chi connectivity index (χ2v) is 4.30. The second-order valence-electron chi connectivity index (χ2n) is 4.30. The zero-order valence-corrected chi connectivity index (χ0v) is 9.97. The van der Waals surface area contributed by atoms with Gasteiger partial charge in [0.2, 0.25) is 0 Å². The highest BCUT2D eigenvalue weighted by Gasteiger charge is 2.23. The highest BCUT2D eigenvalue weighted by Crippen LogP contribution is 2.16. The molecular formula is C13H15FN2O2. The quantitative estimate of drug-likeness (QED) is 0.865. The van der Waals surface area contributed by atoms with Crippen LogP contribution in [0.1, 0.15) is 11.1 Å². The van der Waals surface area contributed by atoms with Crippen LogP contribution in [0.25, 0.3) is 0 Å². The number of hydrogen-bond donors (Lipinski definition) is 1. The summed E-state index contributed by atoms with van der Waals surface area (Å²) >= 11 is 0. The predicted molar refractivity (Wildman–Crippen MR) is 63.2 cm³/mol. The summed E-state index contributed by atoms with van der Waals surface area (Å²) in [6, 6.07) is 6.15. The molecule has 1 aliphatic rings. The van der Waals surface area contributed by atoms with Crippen molar-refractivity contribution >= 4 is 0 Å². The van der Waals surface area contributed by atoms with Crippen LogP contribution in [0.4, 0.5) is 4.39 Å². The Labute approximate surface area is 105 Å². The fourth-order valence-corrected chi connectivity index (χ4v) is 2.07. The van der Waals surface area contributed by atoms with Gasteiger partial charge in [0.1, 0.15) is 5.82 Å². The smallest absolute Gasteiger partial charge is 0.124 e. The summed E-state index contributed by atoms with van der Waals surface area (Å²) in [4.78, 5) is 2.05. The van der Waals surface area contributed by atoms with E-state index in [1.54, 1.807) is 6.07 Å². The van der Waals surface area contributed by atoms with Crippen molar-refractivity contribution in [2.45, 2.75) is 12.6 Å². The van der Waals surface area contributed by atoms with E-state index in [4.69, 9.17) is 10.00 Å². The van der Waals surface area contributed by atoms with Crippen molar-refractivity contribution in [2.24, 2.45) is 0 Å². The number of hydrogen-bond acceptors (Lipinski definition) is 4. The number of ether oxygens (including phenoxy) is 1. The third kappa shape index (κ3) is 2.85. The highest BCUT2D eigenvalue weighted by molar-refractivity contribution is 5.37. The summed E-state index contributed by atoms with van der Waals surface area (Å²) in [5, 5.41) is 18.2. The fraction of sp³-hybridized carbons (Fsp3) is 0.462. The molecule has 1 saturated heterocycles. The molecule has 0 aliphatic carbocycles. The van der Waals surface area contributed by atoms with E-state index in [0.29, 0.717) is 31.9 Å². The molecule has 1 unspecified atom stereocenters. The van der Waals surface area contributed by atoms with E-state index in [2.05, 4.69) is 4.90 Å². The van der Waals surface area contributed by atoms with Gasteiger partial charge in [-0.25, -0.2) is 4.39 Å². The molecule has 1 aliphatic heterocycles. The molecule has 1 aromatic rings. The summed E-state index contributed by atoms with van der Waals surface area (Å²) in [6.07, 6.45) is 0. The van der Waals surface area contributed by atoms with Gasteiger partial charge in [0.25, 0.3) is 0 Å². The van der Waals surface area contributed by atoms with Crippen molar-refractivity contribution in [2.75, 3.05) is 26.4 Å². The molecule has 1 N–H and O–H groups in total. The Morgan fingerprint density at radius 3 is 3.11 bits per heavy atom. The van der Waals surface area contributed by atoms with Gasteiger partial charge in [-0.1, -0.05) is 6.07 Å². The molecule has 18 heavy (non-hydrogen) atoms. The topological polar surface area (TPSA) is 56.5 Å². The number of benzene rings is 1. The van der Waals surface area contributed by atoms with Gasteiger partial charge in [0, 0.05) is 13.1 Å². The minimum Gasteiger partial charge on any atom is -0.395 e. The maximum Gasteiger partial charge on any atom is 0.124 e. The molecule has 1 heterocycles. The molecule has 0 spiro atoms. The van der Waals surface area contributed by atoms with Crippen LogP contribution in [0.2, 0.25) is 0 Å². The molecule has 1 fully saturated rings. The van der Waals surface area contributed by atoms with Crippen LogP contribution in [0.5, 0.6) is 0 Å². The zero-order valence-electron chi connectivity index (χ0n) is 9.97. The molecule has 0 radical (unpaired) electrons. The van der Waals surface area contributed by atoms with E-state index in [1.165, 1.54) is 12.1 Å². The van der Waals surface area contributed by atoms with E-state index in [9.17, 15) is 9.50 Å². The lowest BCUT2D eigenvalue weighted by Crippen LogP contribution is -2.46. The van der Waals surface area contributed by atoms with E-state index in [-0.39, 0.29) is 12.6 Å². The normalized spacial score (nSPS) is 20.6. The number of morpholine rings is 1. The summed E-state index contributed by atoms with van der Waals surface area (Å²) in [5.41, 5.74) is 1.12. The number of rotatable bonds is 3. The van der Waals surface area contributed by atoms with E-state index < -0.39 is 5.82 Å². The number of halogens is 1. The molecule has 5 heteroatoms. The molecule has 0 aromatic heterocycles. The lowest BCUT2D eigenvalue weighted by Gasteiger charge is -2.34. The Bertz CT molecular complexity index is 459. The maximum atomic E-state index is 13.0. The molecular weight excluding hydrogens is 235 g/mol. The van der Waals surface area contributed by atoms with Gasteiger partial charge in [-0.15, -0.1) is 0 Å². The minimum atomic E-state index is -0.406. The van der Waals surface area contributed by atoms with Crippen LogP contribution in [-0.2, 0) is 11.3 Å². The number of aliphatic hydroxyl groups is 1. The van der Waals surface area contributed by atoms with Gasteiger partial charge in [-0.3, -0.25) is 4.90 Å². The predicted octanol–water partition coefficient (Wildman–Crippen LogP) is 0.890. The van der Waals surface area contributed by atoms with Gasteiger partial charge in [-0.05, 0) is 17.7 Å². The zero-order chi connectivity index (χ0) is 13.0. The van der Waals surface area contributed by atoms with Crippen LogP contribution >= 0.6 is 0 Å². The lowest BCUT2D eigenvalue weighted by atomic mass is 10.1. The van der Waals surface area contributed by atoms with Crippen LogP contribution in [0, 0.1) is 17.1 Å². The van der Waals surface area contributed by atoms with E-state index in [0.717, 1.165) is 5.56 Å². The van der Waals surface area contributed by atoms with Crippen LogP contribution in [-0.4, -0.2) is 42.4 Å². The summed E-state index contributed by atoms with van der Waals surface area (Å²) in [7, 11) is 0. The SMILES string of the molecule is N#Cc1cc(F)ccc1CN1CCOCC1CO. The summed E-state index contributed by atoms with van der Waals surface area (Å²) in [6.45, 7) is 2.34. The third-order valence-electron chi connectivity index (χ3n) is 3.13. The monoisotopic (exact) mass is 250 g/mol. The highest BCUT2D eigenvalue weighted by atomic mass is 19.1. The van der Waals surface area contributed by atoms with Crippen molar-refractivity contribution in [1.82, 2.24) is 4.90 Å². The molecule has 0 amide bonds. The van der Waals surface area contributed by atoms with E-state index >= 15 is 0 Å². The number of nitriles is 1. The average Bonchev–Trinajstić information content (AvgIpc) is 2.41. The Kier molecular flexibility index (Phi) is 4.26. The molecule has 4 nitrogen and oxygen atoms in total. The summed E-state index contributed by atoms with van der Waals surface area (Å²) in [5.74, 6) is -0.406. The van der Waals surface area contributed by atoms with Gasteiger partial charge in [0.15, 0.2) is 0 Å². The summed E-state index contributed by atoms with van der Waals surface area (Å²) < 4.78 is 18.3. The third-order valence-corrected chi connectivity index (χ3v) is 3.13. The Hall–Kier alpha value is -1.48. The van der Waals surface area contributed by atoms with Crippen LogP contribution in [0.3, 0.4) is 0 Å². The molecule has 1 aromatic carbocycles. The Morgan fingerprint density at radius 1 is 1.56 bits per heavy atom.